The Hall–Kier alpha value is -1.19. The van der Waals surface area contributed by atoms with Gasteiger partial charge in [-0.1, -0.05) is 48.2 Å². The second kappa shape index (κ2) is 4.59. The van der Waals surface area contributed by atoms with E-state index in [1.807, 2.05) is 12.1 Å². The lowest BCUT2D eigenvalue weighted by atomic mass is 10.2. The normalized spacial score (nSPS) is 10.9. The van der Waals surface area contributed by atoms with Gasteiger partial charge < -0.3 is 4.98 Å². The highest BCUT2D eigenvalue weighted by Gasteiger charge is 2.09. The maximum absolute atomic E-state index is 3.59. The minimum atomic E-state index is 1.05. The van der Waals surface area contributed by atoms with E-state index in [4.69, 9.17) is 0 Å². The van der Waals surface area contributed by atoms with Crippen LogP contribution in [-0.4, -0.2) is 4.98 Å². The highest BCUT2D eigenvalue weighted by Crippen LogP contribution is 2.38. The van der Waals surface area contributed by atoms with Crippen molar-refractivity contribution in [3.8, 4) is 0 Å². The quantitative estimate of drug-likeness (QED) is 0.698. The summed E-state index contributed by atoms with van der Waals surface area (Å²) in [6.07, 6.45) is 0. The Kier molecular flexibility index (Phi) is 2.95. The fourth-order valence-electron chi connectivity index (χ4n) is 1.79. The van der Waals surface area contributed by atoms with Crippen LogP contribution in [0.15, 0.2) is 69.0 Å². The molecule has 0 aliphatic rings. The summed E-state index contributed by atoms with van der Waals surface area (Å²) in [5.74, 6) is 0. The van der Waals surface area contributed by atoms with E-state index in [1.165, 1.54) is 15.2 Å². The average molecular weight is 304 g/mol. The van der Waals surface area contributed by atoms with E-state index in [9.17, 15) is 0 Å². The van der Waals surface area contributed by atoms with Crippen molar-refractivity contribution < 1.29 is 0 Å². The minimum absolute atomic E-state index is 1.05. The summed E-state index contributed by atoms with van der Waals surface area (Å²) in [6.45, 7) is 0. The molecular weight excluding hydrogens is 294 g/mol. The van der Waals surface area contributed by atoms with Crippen LogP contribution in [0.3, 0.4) is 0 Å². The van der Waals surface area contributed by atoms with Crippen LogP contribution in [-0.2, 0) is 0 Å². The van der Waals surface area contributed by atoms with Crippen molar-refractivity contribution in [2.24, 2.45) is 0 Å². The molecule has 3 aromatic rings. The van der Waals surface area contributed by atoms with Crippen molar-refractivity contribution in [2.75, 3.05) is 0 Å². The Morgan fingerprint density at radius 3 is 2.41 bits per heavy atom. The van der Waals surface area contributed by atoms with Gasteiger partial charge in [0, 0.05) is 15.8 Å². The number of hydrogen-bond donors (Lipinski definition) is 1. The number of hydrogen-bond acceptors (Lipinski definition) is 1. The molecule has 0 atom stereocenters. The Bertz CT molecular complexity index is 646. The second-order valence-corrected chi connectivity index (χ2v) is 5.61. The zero-order chi connectivity index (χ0) is 11.7. The largest absolute Gasteiger partial charge is 0.348 e. The highest BCUT2D eigenvalue weighted by atomic mass is 79.9. The molecule has 0 fully saturated rings. The van der Waals surface area contributed by atoms with E-state index < -0.39 is 0 Å². The lowest BCUT2D eigenvalue weighted by Gasteiger charge is -2.00. The zero-order valence-corrected chi connectivity index (χ0v) is 11.4. The summed E-state index contributed by atoms with van der Waals surface area (Å²) in [4.78, 5) is 5.83. The van der Waals surface area contributed by atoms with Crippen LogP contribution in [0.25, 0.3) is 10.9 Å². The van der Waals surface area contributed by atoms with Gasteiger partial charge in [-0.05, 0) is 34.1 Å². The third-order valence-corrected chi connectivity index (χ3v) is 4.57. The standard InChI is InChI=1S/C14H10BrNS/c15-14-13(17-10-6-2-1-3-7-10)11-8-4-5-9-12(11)16-14/h1-9,16H. The number of benzene rings is 2. The van der Waals surface area contributed by atoms with Crippen molar-refractivity contribution in [1.29, 1.82) is 0 Å². The molecule has 0 saturated carbocycles. The Morgan fingerprint density at radius 1 is 0.882 bits per heavy atom. The van der Waals surface area contributed by atoms with Crippen molar-refractivity contribution in [2.45, 2.75) is 9.79 Å². The molecule has 0 spiro atoms. The number of fused-ring (bicyclic) bond motifs is 1. The molecular formula is C14H10BrNS. The van der Waals surface area contributed by atoms with Crippen molar-refractivity contribution in [3.63, 3.8) is 0 Å². The van der Waals surface area contributed by atoms with Gasteiger partial charge in [-0.15, -0.1) is 0 Å². The number of H-pyrrole nitrogens is 1. The molecule has 1 nitrogen and oxygen atoms in total. The summed E-state index contributed by atoms with van der Waals surface area (Å²) in [5.41, 5.74) is 1.16. The Morgan fingerprint density at radius 2 is 1.59 bits per heavy atom. The third kappa shape index (κ3) is 2.13. The van der Waals surface area contributed by atoms with Gasteiger partial charge in [0.2, 0.25) is 0 Å². The molecule has 2 aromatic carbocycles. The van der Waals surface area contributed by atoms with Gasteiger partial charge in [-0.25, -0.2) is 0 Å². The number of halogens is 1. The summed E-state index contributed by atoms with van der Waals surface area (Å²) in [5, 5.41) is 1.26. The third-order valence-electron chi connectivity index (χ3n) is 2.58. The molecule has 0 radical (unpaired) electrons. The van der Waals surface area contributed by atoms with Crippen LogP contribution >= 0.6 is 27.7 Å². The molecule has 84 valence electrons. The second-order valence-electron chi connectivity index (χ2n) is 3.73. The maximum Gasteiger partial charge on any atom is 0.0972 e. The van der Waals surface area contributed by atoms with Gasteiger partial charge >= 0.3 is 0 Å². The van der Waals surface area contributed by atoms with Gasteiger partial charge in [0.1, 0.15) is 0 Å². The molecule has 1 heterocycles. The van der Waals surface area contributed by atoms with Crippen LogP contribution in [0.5, 0.6) is 0 Å². The molecule has 0 unspecified atom stereocenters. The fraction of sp³-hybridized carbons (Fsp3) is 0. The average Bonchev–Trinajstić information content (AvgIpc) is 2.68. The lowest BCUT2D eigenvalue weighted by Crippen LogP contribution is -1.72. The van der Waals surface area contributed by atoms with E-state index in [0.29, 0.717) is 0 Å². The summed E-state index contributed by atoms with van der Waals surface area (Å²) < 4.78 is 1.05. The number of rotatable bonds is 2. The number of para-hydroxylation sites is 1. The SMILES string of the molecule is Brc1[nH]c2ccccc2c1Sc1ccccc1. The molecule has 0 amide bonds. The molecule has 3 rings (SSSR count). The van der Waals surface area contributed by atoms with Crippen LogP contribution in [0.2, 0.25) is 0 Å². The molecule has 0 saturated heterocycles. The summed E-state index contributed by atoms with van der Waals surface area (Å²) >= 11 is 5.36. The van der Waals surface area contributed by atoms with E-state index in [0.717, 1.165) is 10.1 Å². The van der Waals surface area contributed by atoms with Crippen molar-refractivity contribution >= 4 is 38.6 Å². The van der Waals surface area contributed by atoms with Crippen molar-refractivity contribution in [3.05, 3.63) is 59.2 Å². The van der Waals surface area contributed by atoms with Gasteiger partial charge in [0.25, 0.3) is 0 Å². The molecule has 0 bridgehead atoms. The number of nitrogens with one attached hydrogen (secondary N) is 1. The first-order valence-corrected chi connectivity index (χ1v) is 6.94. The van der Waals surface area contributed by atoms with Crippen LogP contribution < -0.4 is 0 Å². The maximum atomic E-state index is 3.59. The summed E-state index contributed by atoms with van der Waals surface area (Å²) in [7, 11) is 0. The Labute approximate surface area is 112 Å². The highest BCUT2D eigenvalue weighted by molar-refractivity contribution is 9.10. The van der Waals surface area contributed by atoms with Crippen LogP contribution in [0.4, 0.5) is 0 Å². The van der Waals surface area contributed by atoms with Gasteiger partial charge in [0.05, 0.1) is 9.50 Å². The fourth-order valence-corrected chi connectivity index (χ4v) is 3.42. The van der Waals surface area contributed by atoms with Gasteiger partial charge in [-0.2, -0.15) is 0 Å². The molecule has 0 aliphatic heterocycles. The first-order chi connectivity index (χ1) is 8.34. The van der Waals surface area contributed by atoms with Crippen LogP contribution in [0.1, 0.15) is 0 Å². The molecule has 1 N–H and O–H groups in total. The van der Waals surface area contributed by atoms with E-state index in [-0.39, 0.29) is 0 Å². The first kappa shape index (κ1) is 10.9. The lowest BCUT2D eigenvalue weighted by molar-refractivity contribution is 1.33. The summed E-state index contributed by atoms with van der Waals surface area (Å²) in [6, 6.07) is 18.7. The zero-order valence-electron chi connectivity index (χ0n) is 8.98. The molecule has 1 aromatic heterocycles. The topological polar surface area (TPSA) is 15.8 Å². The van der Waals surface area contributed by atoms with Crippen molar-refractivity contribution in [1.82, 2.24) is 4.98 Å². The Balaban J connectivity index is 2.08. The molecule has 17 heavy (non-hydrogen) atoms. The van der Waals surface area contributed by atoms with E-state index in [2.05, 4.69) is 63.4 Å². The predicted molar refractivity (Wildman–Crippen MR) is 76.6 cm³/mol. The number of aromatic amines is 1. The van der Waals surface area contributed by atoms with Crippen LogP contribution in [0, 0.1) is 0 Å². The number of aromatic nitrogens is 1. The minimum Gasteiger partial charge on any atom is -0.348 e. The van der Waals surface area contributed by atoms with Gasteiger partial charge in [-0.3, -0.25) is 0 Å². The predicted octanol–water partition coefficient (Wildman–Crippen LogP) is 5.08. The smallest absolute Gasteiger partial charge is 0.0972 e. The van der Waals surface area contributed by atoms with Gasteiger partial charge in [0.15, 0.2) is 0 Å². The van der Waals surface area contributed by atoms with E-state index >= 15 is 0 Å². The van der Waals surface area contributed by atoms with E-state index in [1.54, 1.807) is 11.8 Å². The monoisotopic (exact) mass is 303 g/mol. The molecule has 0 aliphatic carbocycles. The molecule has 3 heteroatoms. The first-order valence-electron chi connectivity index (χ1n) is 5.34.